The maximum atomic E-state index is 14.1. The zero-order chi connectivity index (χ0) is 53.8. The van der Waals surface area contributed by atoms with E-state index in [0.717, 1.165) is 93.6 Å². The number of fused-ring (bicyclic) bond motifs is 1. The van der Waals surface area contributed by atoms with E-state index < -0.39 is 37.0 Å². The van der Waals surface area contributed by atoms with Crippen molar-refractivity contribution in [3.05, 3.63) is 135 Å². The van der Waals surface area contributed by atoms with Crippen molar-refractivity contribution in [1.29, 1.82) is 0 Å². The number of carbonyl (C=O) groups is 1. The van der Waals surface area contributed by atoms with Crippen molar-refractivity contribution < 1.29 is 37.5 Å². The number of aromatic amines is 1. The number of hydrogen-bond donors (Lipinski definition) is 4. The highest BCUT2D eigenvalue weighted by Crippen LogP contribution is 2.54. The van der Waals surface area contributed by atoms with Gasteiger partial charge in [-0.05, 0) is 141 Å². The van der Waals surface area contributed by atoms with Gasteiger partial charge in [0, 0.05) is 98.3 Å². The first-order valence-electron chi connectivity index (χ1n) is 27.1. The van der Waals surface area contributed by atoms with E-state index in [0.29, 0.717) is 48.7 Å². The molecule has 406 valence electrons. The Labute approximate surface area is 450 Å². The number of nitro groups is 1. The highest BCUT2D eigenvalue weighted by atomic mass is 32.2. The third kappa shape index (κ3) is 10.9. The number of carbonyl (C=O) groups excluding carboxylic acids is 1. The molecule has 4 N–H and O–H groups in total. The number of hydrogen-bond acceptors (Lipinski definition) is 14. The quantitative estimate of drug-likeness (QED) is 0.0467. The number of amides is 1. The summed E-state index contributed by atoms with van der Waals surface area (Å²) in [5, 5.41) is 26.5. The third-order valence-electron chi connectivity index (χ3n) is 17.0. The lowest BCUT2D eigenvalue weighted by Crippen LogP contribution is -2.68. The minimum absolute atomic E-state index is 0.0370. The maximum Gasteiger partial charge on any atom is 0.293 e. The molecular formula is C59H70N8O9S. The van der Waals surface area contributed by atoms with E-state index in [1.165, 1.54) is 53.4 Å². The molecule has 3 aliphatic carbocycles. The van der Waals surface area contributed by atoms with Crippen LogP contribution in [-0.2, 0) is 16.6 Å². The van der Waals surface area contributed by atoms with Crippen LogP contribution < -0.4 is 29.1 Å². The Hall–Kier alpha value is -6.73. The maximum absolute atomic E-state index is 14.1. The molecule has 17 nitrogen and oxygen atoms in total. The zero-order valence-corrected chi connectivity index (χ0v) is 45.4. The van der Waals surface area contributed by atoms with Crippen LogP contribution in [0.5, 0.6) is 23.0 Å². The average Bonchev–Trinajstić information content (AvgIpc) is 4.17. The van der Waals surface area contributed by atoms with Gasteiger partial charge < -0.3 is 34.5 Å². The largest absolute Gasteiger partial charge is 0.496 e. The number of rotatable bonds is 18. The molecule has 5 fully saturated rings. The fourth-order valence-corrected chi connectivity index (χ4v) is 13.6. The van der Waals surface area contributed by atoms with E-state index in [-0.39, 0.29) is 34.4 Å². The summed E-state index contributed by atoms with van der Waals surface area (Å²) in [6.45, 7) is 12.0. The van der Waals surface area contributed by atoms with Crippen LogP contribution in [0.4, 0.5) is 17.1 Å². The zero-order valence-electron chi connectivity index (χ0n) is 44.6. The molecule has 1 atom stereocenters. The highest BCUT2D eigenvalue weighted by molar-refractivity contribution is 7.90. The minimum Gasteiger partial charge on any atom is -0.496 e. The Bertz CT molecular complexity index is 3270. The average molecular weight is 1070 g/mol. The molecule has 6 aromatic rings. The van der Waals surface area contributed by atoms with Crippen LogP contribution in [0.15, 0.2) is 102 Å². The van der Waals surface area contributed by atoms with E-state index in [4.69, 9.17) is 14.2 Å². The van der Waals surface area contributed by atoms with Gasteiger partial charge in [0.25, 0.3) is 21.6 Å². The van der Waals surface area contributed by atoms with Crippen LogP contribution in [0.25, 0.3) is 11.0 Å². The number of ether oxygens (including phenoxy) is 3. The Balaban J connectivity index is 0.789. The van der Waals surface area contributed by atoms with Crippen LogP contribution in [0.3, 0.4) is 0 Å². The minimum atomic E-state index is -4.60. The molecule has 0 bridgehead atoms. The number of methoxy groups -OCH3 is 2. The summed E-state index contributed by atoms with van der Waals surface area (Å²) in [5.74, 6) is 2.45. The fourth-order valence-electron chi connectivity index (χ4n) is 12.6. The summed E-state index contributed by atoms with van der Waals surface area (Å²) >= 11 is 0. The molecule has 0 radical (unpaired) electrons. The summed E-state index contributed by atoms with van der Waals surface area (Å²) in [7, 11) is -1.08. The summed E-state index contributed by atoms with van der Waals surface area (Å²) in [6.07, 6.45) is 10.5. The van der Waals surface area contributed by atoms with Gasteiger partial charge in [0.2, 0.25) is 0 Å². The van der Waals surface area contributed by atoms with Gasteiger partial charge in [-0.25, -0.2) is 18.1 Å². The van der Waals surface area contributed by atoms with Crippen molar-refractivity contribution in [2.45, 2.75) is 113 Å². The van der Waals surface area contributed by atoms with Crippen molar-refractivity contribution in [2.75, 3.05) is 63.7 Å². The second-order valence-corrected chi connectivity index (χ2v) is 24.6. The predicted octanol–water partition coefficient (Wildman–Crippen LogP) is 10.3. The Kier molecular flexibility index (Phi) is 14.2. The summed E-state index contributed by atoms with van der Waals surface area (Å²) in [4.78, 5) is 40.5. The molecule has 4 aromatic carbocycles. The number of aromatic nitrogens is 2. The first kappa shape index (κ1) is 52.3. The number of nitrogens with one attached hydrogen (secondary N) is 3. The molecule has 3 saturated carbocycles. The number of anilines is 2. The number of benzene rings is 4. The van der Waals surface area contributed by atoms with Crippen molar-refractivity contribution in [3.8, 4) is 23.0 Å². The number of piperazine rings is 1. The smallest absolute Gasteiger partial charge is 0.293 e. The summed E-state index contributed by atoms with van der Waals surface area (Å²) in [5.41, 5.74) is 5.77. The molecule has 0 unspecified atom stereocenters. The molecule has 1 amide bonds. The van der Waals surface area contributed by atoms with Crippen molar-refractivity contribution in [2.24, 2.45) is 11.3 Å². The number of nitro benzene ring substituents is 1. The molecule has 1 spiro atoms. The molecule has 5 aliphatic rings. The van der Waals surface area contributed by atoms with Crippen LogP contribution in [0.1, 0.15) is 123 Å². The summed E-state index contributed by atoms with van der Waals surface area (Å²) < 4.78 is 48.2. The second-order valence-electron chi connectivity index (χ2n) is 22.9. The normalized spacial score (nSPS) is 21.9. The van der Waals surface area contributed by atoms with Gasteiger partial charge >= 0.3 is 0 Å². The Morgan fingerprint density at radius 1 is 0.935 bits per heavy atom. The van der Waals surface area contributed by atoms with E-state index >= 15 is 0 Å². The number of H-pyrrole nitrogens is 1. The molecule has 2 aliphatic heterocycles. The Morgan fingerprint density at radius 2 is 1.68 bits per heavy atom. The van der Waals surface area contributed by atoms with Crippen LogP contribution in [0, 0.1) is 21.4 Å². The number of nitrogens with zero attached hydrogens (tertiary/aromatic N) is 5. The van der Waals surface area contributed by atoms with Crippen LogP contribution in [0.2, 0.25) is 0 Å². The SMILES string of the molecule is COc1cc(CN2CCN(C3CC4(C3)CN(c3ccc(C(=O)NS(=O)(=O)c5ccc(NC[C@H]6CC[C@](C)(O)CC6)c([N+](=O)[O-])c5)c(Oc5cnc6[nH]ccc6c5)c3)C4)[C@H](c3ccccc3C(C)C)C2)cc(OC)c1C1CC1. The lowest BCUT2D eigenvalue weighted by atomic mass is 9.59. The molecule has 2 aromatic heterocycles. The van der Waals surface area contributed by atoms with Gasteiger partial charge in [-0.3, -0.25) is 24.7 Å². The monoisotopic (exact) mass is 1070 g/mol. The molecule has 2 saturated heterocycles. The first-order chi connectivity index (χ1) is 37.0. The van der Waals surface area contributed by atoms with Crippen molar-refractivity contribution in [1.82, 2.24) is 24.5 Å². The third-order valence-corrected chi connectivity index (χ3v) is 18.3. The lowest BCUT2D eigenvalue weighted by molar-refractivity contribution is -0.384. The van der Waals surface area contributed by atoms with E-state index in [9.17, 15) is 28.4 Å². The van der Waals surface area contributed by atoms with E-state index in [2.05, 4.69) is 85.0 Å². The van der Waals surface area contributed by atoms with Gasteiger partial charge in [0.15, 0.2) is 0 Å². The topological polar surface area (TPSA) is 205 Å². The second kappa shape index (κ2) is 20.9. The van der Waals surface area contributed by atoms with E-state index in [1.807, 2.05) is 19.1 Å². The van der Waals surface area contributed by atoms with Crippen LogP contribution in [-0.4, -0.2) is 109 Å². The number of pyridine rings is 1. The van der Waals surface area contributed by atoms with E-state index in [1.54, 1.807) is 38.6 Å². The van der Waals surface area contributed by atoms with Gasteiger partial charge in [0.1, 0.15) is 34.3 Å². The van der Waals surface area contributed by atoms with Crippen LogP contribution >= 0.6 is 0 Å². The highest BCUT2D eigenvalue weighted by Gasteiger charge is 2.55. The first-order valence-corrected chi connectivity index (χ1v) is 28.6. The standard InChI is InChI=1S/C59H70N8O9S/c1-37(2)46-8-6-7-9-47(46)51-34-64(33-39-24-53(74-4)55(40-10-11-40)54(25-39)75-5)22-23-66(51)43-29-59(30-43)35-65(36-59)42-12-14-48(52(27-42)76-44-26-41-18-21-60-56(41)62-32-44)57(68)63-77(72,73)45-13-15-49(50(28-45)67(70)71)61-31-38-16-19-58(3,69)20-17-38/h6-9,12-15,18,21,24-28,32,37-38,40,43,51,61,69H,10-11,16-17,19-20,22-23,29-31,33-36H2,1-5H3,(H,60,62)(H,63,68)/t38-,51-,58-/m0/s1. The lowest BCUT2D eigenvalue weighted by Gasteiger charge is -2.63. The molecule has 4 heterocycles. The van der Waals surface area contributed by atoms with Gasteiger partial charge in [0.05, 0.1) is 41.4 Å². The van der Waals surface area contributed by atoms with Gasteiger partial charge in [-0.15, -0.1) is 0 Å². The molecule has 11 rings (SSSR count). The predicted molar refractivity (Wildman–Crippen MR) is 296 cm³/mol. The molecule has 18 heteroatoms. The van der Waals surface area contributed by atoms with Crippen molar-refractivity contribution >= 4 is 44.0 Å². The molecule has 77 heavy (non-hydrogen) atoms. The van der Waals surface area contributed by atoms with Gasteiger partial charge in [-0.1, -0.05) is 38.1 Å². The Morgan fingerprint density at radius 3 is 2.38 bits per heavy atom. The number of sulfonamides is 1. The fraction of sp³-hybridized carbons (Fsp3) is 0.458. The molecular weight excluding hydrogens is 997 g/mol. The summed E-state index contributed by atoms with van der Waals surface area (Å²) in [6, 6.07) is 26.4. The van der Waals surface area contributed by atoms with Crippen molar-refractivity contribution in [3.63, 3.8) is 0 Å². The number of aliphatic hydroxyl groups is 1. The van der Waals surface area contributed by atoms with Gasteiger partial charge in [-0.2, -0.15) is 0 Å².